The summed E-state index contributed by atoms with van der Waals surface area (Å²) in [5.41, 5.74) is -0.924. The Kier molecular flexibility index (Phi) is 5.38. The average Bonchev–Trinajstić information content (AvgIpc) is 2.92. The molecule has 5 nitrogen and oxygen atoms in total. The Bertz CT molecular complexity index is 744. The van der Waals surface area contributed by atoms with Gasteiger partial charge in [0.2, 0.25) is 5.88 Å². The predicted molar refractivity (Wildman–Crippen MR) is 83.5 cm³/mol. The van der Waals surface area contributed by atoms with E-state index in [2.05, 4.69) is 10.4 Å². The average molecular weight is 362 g/mol. The lowest BCUT2D eigenvalue weighted by molar-refractivity contribution is -0.137. The van der Waals surface area contributed by atoms with Gasteiger partial charge in [-0.2, -0.15) is 13.2 Å². The van der Waals surface area contributed by atoms with Crippen molar-refractivity contribution in [3.8, 4) is 5.88 Å². The van der Waals surface area contributed by atoms with Crippen LogP contribution in [0.2, 0.25) is 5.02 Å². The van der Waals surface area contributed by atoms with E-state index >= 15 is 0 Å². The van der Waals surface area contributed by atoms with Gasteiger partial charge in [-0.3, -0.25) is 9.48 Å². The van der Waals surface area contributed by atoms with E-state index in [0.29, 0.717) is 13.2 Å². The highest BCUT2D eigenvalue weighted by atomic mass is 35.5. The summed E-state index contributed by atoms with van der Waals surface area (Å²) in [4.78, 5) is 12.4. The molecule has 24 heavy (non-hydrogen) atoms. The summed E-state index contributed by atoms with van der Waals surface area (Å²) >= 11 is 5.88. The largest absolute Gasteiger partial charge is 0.476 e. The molecule has 130 valence electrons. The van der Waals surface area contributed by atoms with Gasteiger partial charge >= 0.3 is 6.18 Å². The van der Waals surface area contributed by atoms with Crippen LogP contribution in [-0.2, 0) is 12.7 Å². The molecule has 0 fully saturated rings. The maximum Gasteiger partial charge on any atom is 0.416 e. The van der Waals surface area contributed by atoms with Crippen molar-refractivity contribution in [3.63, 3.8) is 0 Å². The third-order valence-electron chi connectivity index (χ3n) is 3.12. The second kappa shape index (κ2) is 7.12. The first-order valence-corrected chi connectivity index (χ1v) is 7.52. The third kappa shape index (κ3) is 4.00. The number of rotatable bonds is 5. The van der Waals surface area contributed by atoms with Crippen LogP contribution in [0.3, 0.4) is 0 Å². The Morgan fingerprint density at radius 1 is 1.38 bits per heavy atom. The van der Waals surface area contributed by atoms with Crippen LogP contribution in [-0.4, -0.2) is 22.3 Å². The smallest absolute Gasteiger partial charge is 0.416 e. The molecule has 0 bridgehead atoms. The van der Waals surface area contributed by atoms with Crippen LogP contribution >= 0.6 is 11.6 Å². The summed E-state index contributed by atoms with van der Waals surface area (Å²) in [7, 11) is 0. The minimum Gasteiger partial charge on any atom is -0.476 e. The second-order valence-electron chi connectivity index (χ2n) is 4.78. The molecule has 0 spiro atoms. The number of aryl methyl sites for hydroxylation is 1. The zero-order chi connectivity index (χ0) is 17.9. The molecular weight excluding hydrogens is 347 g/mol. The van der Waals surface area contributed by atoms with Crippen molar-refractivity contribution < 1.29 is 22.7 Å². The van der Waals surface area contributed by atoms with Crippen LogP contribution in [0.5, 0.6) is 5.88 Å². The number of nitrogens with one attached hydrogen (secondary N) is 1. The second-order valence-corrected chi connectivity index (χ2v) is 5.19. The van der Waals surface area contributed by atoms with E-state index in [1.807, 2.05) is 6.92 Å². The lowest BCUT2D eigenvalue weighted by atomic mass is 10.2. The molecule has 1 aromatic heterocycles. The molecule has 1 aromatic carbocycles. The molecule has 1 N–H and O–H groups in total. The fourth-order valence-corrected chi connectivity index (χ4v) is 2.12. The van der Waals surface area contributed by atoms with Gasteiger partial charge in [-0.15, -0.1) is 5.10 Å². The Morgan fingerprint density at radius 3 is 2.67 bits per heavy atom. The van der Waals surface area contributed by atoms with Crippen molar-refractivity contribution in [2.24, 2.45) is 0 Å². The lowest BCUT2D eigenvalue weighted by Gasteiger charge is -2.11. The molecule has 0 radical (unpaired) electrons. The van der Waals surface area contributed by atoms with E-state index < -0.39 is 17.6 Å². The van der Waals surface area contributed by atoms with Crippen molar-refractivity contribution in [2.45, 2.75) is 26.6 Å². The predicted octanol–water partition coefficient (Wildman–Crippen LogP) is 4.23. The summed E-state index contributed by atoms with van der Waals surface area (Å²) in [5, 5.41) is 6.45. The highest BCUT2D eigenvalue weighted by molar-refractivity contribution is 6.34. The van der Waals surface area contributed by atoms with Crippen LogP contribution in [0.25, 0.3) is 0 Å². The van der Waals surface area contributed by atoms with Crippen LogP contribution in [0.4, 0.5) is 18.9 Å². The summed E-state index contributed by atoms with van der Waals surface area (Å²) in [6.45, 7) is 4.37. The number of hydrogen-bond acceptors (Lipinski definition) is 3. The Balaban J connectivity index is 2.31. The van der Waals surface area contributed by atoms with Gasteiger partial charge in [-0.25, -0.2) is 0 Å². The summed E-state index contributed by atoms with van der Waals surface area (Å²) < 4.78 is 45.1. The third-order valence-corrected chi connectivity index (χ3v) is 3.45. The van der Waals surface area contributed by atoms with E-state index in [9.17, 15) is 18.0 Å². The first kappa shape index (κ1) is 18.1. The van der Waals surface area contributed by atoms with E-state index in [-0.39, 0.29) is 22.2 Å². The molecule has 0 unspecified atom stereocenters. The maximum atomic E-state index is 12.8. The highest BCUT2D eigenvalue weighted by Gasteiger charge is 2.31. The number of anilines is 1. The number of amides is 1. The Hall–Kier alpha value is -2.22. The number of ether oxygens (including phenoxy) is 1. The first-order valence-electron chi connectivity index (χ1n) is 7.14. The molecule has 1 amide bonds. The molecule has 0 saturated carbocycles. The van der Waals surface area contributed by atoms with E-state index in [4.69, 9.17) is 16.3 Å². The van der Waals surface area contributed by atoms with Crippen LogP contribution in [0, 0.1) is 0 Å². The Morgan fingerprint density at radius 2 is 2.08 bits per heavy atom. The number of benzene rings is 1. The molecule has 0 aliphatic rings. The maximum absolute atomic E-state index is 12.8. The number of carbonyl (C=O) groups excluding carboxylic acids is 1. The Labute approximate surface area is 141 Å². The zero-order valence-electron chi connectivity index (χ0n) is 12.9. The molecule has 1 heterocycles. The van der Waals surface area contributed by atoms with Crippen molar-refractivity contribution in [2.75, 3.05) is 11.9 Å². The molecule has 0 atom stereocenters. The van der Waals surface area contributed by atoms with Crippen molar-refractivity contribution >= 4 is 23.2 Å². The number of aromatic nitrogens is 2. The quantitative estimate of drug-likeness (QED) is 0.867. The van der Waals surface area contributed by atoms with Crippen LogP contribution in [0.15, 0.2) is 24.4 Å². The van der Waals surface area contributed by atoms with Gasteiger partial charge in [0.05, 0.1) is 22.9 Å². The van der Waals surface area contributed by atoms with Crippen molar-refractivity contribution in [3.05, 3.63) is 40.5 Å². The minimum atomic E-state index is -4.53. The van der Waals surface area contributed by atoms with E-state index in [1.54, 1.807) is 6.92 Å². The molecule has 0 aliphatic carbocycles. The SMILES string of the molecule is CCOc1nn(CC)cc1C(=O)Nc1cc(C(F)(F)F)ccc1Cl. The number of nitrogens with zero attached hydrogens (tertiary/aromatic N) is 2. The minimum absolute atomic E-state index is 0.00260. The normalized spacial score (nSPS) is 11.4. The highest BCUT2D eigenvalue weighted by Crippen LogP contribution is 2.34. The number of halogens is 4. The van der Waals surface area contributed by atoms with Gasteiger partial charge in [0.25, 0.3) is 5.91 Å². The van der Waals surface area contributed by atoms with Gasteiger partial charge < -0.3 is 10.1 Å². The molecule has 0 saturated heterocycles. The van der Waals surface area contributed by atoms with Crippen LogP contribution < -0.4 is 10.1 Å². The summed E-state index contributed by atoms with van der Waals surface area (Å²) in [6, 6.07) is 2.71. The summed E-state index contributed by atoms with van der Waals surface area (Å²) in [6.07, 6.45) is -3.07. The number of alkyl halides is 3. The lowest BCUT2D eigenvalue weighted by Crippen LogP contribution is -2.14. The fourth-order valence-electron chi connectivity index (χ4n) is 1.95. The molecule has 2 rings (SSSR count). The van der Waals surface area contributed by atoms with Gasteiger partial charge in [-0.05, 0) is 32.0 Å². The van der Waals surface area contributed by atoms with Gasteiger partial charge in [-0.1, -0.05) is 11.6 Å². The topological polar surface area (TPSA) is 56.2 Å². The molecular formula is C15H15ClF3N3O2. The van der Waals surface area contributed by atoms with Gasteiger partial charge in [0.15, 0.2) is 0 Å². The number of carbonyl (C=O) groups is 1. The standard InChI is InChI=1S/C15H15ClF3N3O2/c1-3-22-8-10(14(21-22)24-4-2)13(23)20-12-7-9(15(17,18)19)5-6-11(12)16/h5-8H,3-4H2,1-2H3,(H,20,23). The summed E-state index contributed by atoms with van der Waals surface area (Å²) in [5.74, 6) is -0.542. The molecule has 0 aliphatic heterocycles. The van der Waals surface area contributed by atoms with Gasteiger partial charge in [0, 0.05) is 12.7 Å². The molecule has 2 aromatic rings. The van der Waals surface area contributed by atoms with Gasteiger partial charge in [0.1, 0.15) is 5.56 Å². The fraction of sp³-hybridized carbons (Fsp3) is 0.333. The zero-order valence-corrected chi connectivity index (χ0v) is 13.7. The monoisotopic (exact) mass is 361 g/mol. The number of hydrogen-bond donors (Lipinski definition) is 1. The van der Waals surface area contributed by atoms with Crippen molar-refractivity contribution in [1.29, 1.82) is 0 Å². The van der Waals surface area contributed by atoms with E-state index in [0.717, 1.165) is 18.2 Å². The van der Waals surface area contributed by atoms with E-state index in [1.165, 1.54) is 10.9 Å². The van der Waals surface area contributed by atoms with Crippen LogP contribution in [0.1, 0.15) is 29.8 Å². The first-order chi connectivity index (χ1) is 11.3. The van der Waals surface area contributed by atoms with Crippen molar-refractivity contribution in [1.82, 2.24) is 9.78 Å². The molecule has 9 heteroatoms.